The molecule has 0 spiro atoms. The lowest BCUT2D eigenvalue weighted by atomic mass is 10.2. The number of nitrogens with zero attached hydrogens (tertiary/aromatic N) is 2. The summed E-state index contributed by atoms with van der Waals surface area (Å²) in [6, 6.07) is 8.65. The number of carbonyl (C=O) groups excluding carboxylic acids is 1. The lowest BCUT2D eigenvalue weighted by Gasteiger charge is -2.26. The van der Waals surface area contributed by atoms with Crippen LogP contribution in [0.15, 0.2) is 35.2 Å². The Morgan fingerprint density at radius 3 is 2.38 bits per heavy atom. The maximum absolute atomic E-state index is 12.9. The highest BCUT2D eigenvalue weighted by Crippen LogP contribution is 2.31. The summed E-state index contributed by atoms with van der Waals surface area (Å²) in [6.45, 7) is 0.924. The van der Waals surface area contributed by atoms with Crippen molar-refractivity contribution in [1.82, 2.24) is 4.31 Å². The van der Waals surface area contributed by atoms with Crippen molar-refractivity contribution >= 4 is 56.4 Å². The number of nitrogens with one attached hydrogen (secondary N) is 1. The van der Waals surface area contributed by atoms with E-state index in [1.54, 1.807) is 0 Å². The van der Waals surface area contributed by atoms with E-state index in [9.17, 15) is 13.2 Å². The summed E-state index contributed by atoms with van der Waals surface area (Å²) in [4.78, 5) is 12.5. The van der Waals surface area contributed by atoms with Gasteiger partial charge in [-0.1, -0.05) is 34.8 Å². The van der Waals surface area contributed by atoms with Crippen LogP contribution < -0.4 is 5.32 Å². The van der Waals surface area contributed by atoms with Crippen LogP contribution in [0.2, 0.25) is 15.1 Å². The molecule has 0 radical (unpaired) electrons. The van der Waals surface area contributed by atoms with E-state index < -0.39 is 15.9 Å². The first-order valence-corrected chi connectivity index (χ1v) is 10.9. The monoisotopic (exact) mass is 473 g/mol. The van der Waals surface area contributed by atoms with Crippen molar-refractivity contribution in [3.63, 3.8) is 0 Å². The van der Waals surface area contributed by atoms with Crippen molar-refractivity contribution < 1.29 is 17.9 Å². The van der Waals surface area contributed by atoms with Gasteiger partial charge in [0.2, 0.25) is 10.0 Å². The van der Waals surface area contributed by atoms with E-state index in [-0.39, 0.29) is 57.4 Å². The first kappa shape index (κ1) is 21.8. The molecule has 2 aromatic rings. The Labute approximate surface area is 182 Å². The second-order valence-electron chi connectivity index (χ2n) is 6.04. The number of anilines is 1. The molecule has 1 fully saturated rings. The van der Waals surface area contributed by atoms with E-state index in [4.69, 9.17) is 44.8 Å². The Bertz CT molecular complexity index is 1110. The van der Waals surface area contributed by atoms with E-state index in [1.807, 2.05) is 6.07 Å². The molecule has 1 heterocycles. The Morgan fingerprint density at radius 1 is 1.07 bits per heavy atom. The van der Waals surface area contributed by atoms with E-state index in [0.717, 1.165) is 6.07 Å². The minimum Gasteiger partial charge on any atom is -0.379 e. The van der Waals surface area contributed by atoms with Gasteiger partial charge < -0.3 is 10.1 Å². The van der Waals surface area contributed by atoms with Crippen LogP contribution in [0.1, 0.15) is 15.9 Å². The molecular formula is C18H14Cl3N3O4S. The molecule has 29 heavy (non-hydrogen) atoms. The standard InChI is InChI=1S/C18H14Cl3N3O4S/c19-14-7-12(2-1-11(14)10-22)23-18(25)13-8-17(16(21)9-15(13)20)29(26,27)24-3-5-28-6-4-24/h1-2,7-9H,3-6H2,(H,23,25). The third-order valence-corrected chi connectivity index (χ3v) is 7.19. The molecule has 152 valence electrons. The Morgan fingerprint density at radius 2 is 1.76 bits per heavy atom. The summed E-state index contributed by atoms with van der Waals surface area (Å²) < 4.78 is 32.3. The van der Waals surface area contributed by atoms with Gasteiger partial charge in [-0.15, -0.1) is 0 Å². The highest BCUT2D eigenvalue weighted by Gasteiger charge is 2.30. The maximum Gasteiger partial charge on any atom is 0.257 e. The third kappa shape index (κ3) is 4.67. The number of ether oxygens (including phenoxy) is 1. The second kappa shape index (κ2) is 8.88. The zero-order valence-electron chi connectivity index (χ0n) is 14.8. The molecule has 2 aromatic carbocycles. The number of amides is 1. The molecule has 1 amide bonds. The number of rotatable bonds is 4. The number of nitriles is 1. The molecule has 11 heteroatoms. The van der Waals surface area contributed by atoms with Crippen LogP contribution in [0.25, 0.3) is 0 Å². The number of morpholine rings is 1. The molecule has 1 aliphatic heterocycles. The fourth-order valence-corrected chi connectivity index (χ4v) is 5.17. The van der Waals surface area contributed by atoms with Crippen molar-refractivity contribution in [3.05, 3.63) is 56.5 Å². The van der Waals surface area contributed by atoms with Crippen LogP contribution in [0.4, 0.5) is 5.69 Å². The van der Waals surface area contributed by atoms with Gasteiger partial charge in [0.05, 0.1) is 39.4 Å². The predicted octanol–water partition coefficient (Wildman–Crippen LogP) is 3.79. The predicted molar refractivity (Wildman–Crippen MR) is 110 cm³/mol. The molecule has 1 N–H and O–H groups in total. The molecular weight excluding hydrogens is 461 g/mol. The number of carbonyl (C=O) groups is 1. The van der Waals surface area contributed by atoms with Gasteiger partial charge in [0.25, 0.3) is 5.91 Å². The van der Waals surface area contributed by atoms with E-state index >= 15 is 0 Å². The van der Waals surface area contributed by atoms with Gasteiger partial charge in [-0.25, -0.2) is 8.42 Å². The maximum atomic E-state index is 12.9. The third-order valence-electron chi connectivity index (χ3n) is 4.20. The van der Waals surface area contributed by atoms with Crippen LogP contribution >= 0.6 is 34.8 Å². The number of halogens is 3. The summed E-state index contributed by atoms with van der Waals surface area (Å²) in [5.41, 5.74) is 0.513. The van der Waals surface area contributed by atoms with Gasteiger partial charge in [0, 0.05) is 18.8 Å². The van der Waals surface area contributed by atoms with E-state index in [2.05, 4.69) is 5.32 Å². The highest BCUT2D eigenvalue weighted by molar-refractivity contribution is 7.89. The van der Waals surface area contributed by atoms with Gasteiger partial charge in [0.1, 0.15) is 11.0 Å². The van der Waals surface area contributed by atoms with Crippen LogP contribution in [0, 0.1) is 11.3 Å². The smallest absolute Gasteiger partial charge is 0.257 e. The largest absolute Gasteiger partial charge is 0.379 e. The summed E-state index contributed by atoms with van der Waals surface area (Å²) in [5, 5.41) is 11.6. The van der Waals surface area contributed by atoms with Gasteiger partial charge in [-0.2, -0.15) is 9.57 Å². The summed E-state index contributed by atoms with van der Waals surface area (Å²) in [6.07, 6.45) is 0. The van der Waals surface area contributed by atoms with Crippen LogP contribution in [0.3, 0.4) is 0 Å². The number of sulfonamides is 1. The van der Waals surface area contributed by atoms with Crippen molar-refractivity contribution in [2.45, 2.75) is 4.90 Å². The zero-order chi connectivity index (χ0) is 21.2. The molecule has 1 saturated heterocycles. The molecule has 0 bridgehead atoms. The Hall–Kier alpha value is -1.86. The van der Waals surface area contributed by atoms with Crippen LogP contribution in [-0.2, 0) is 14.8 Å². The first-order valence-electron chi connectivity index (χ1n) is 8.32. The van der Waals surface area contributed by atoms with Crippen molar-refractivity contribution in [2.24, 2.45) is 0 Å². The number of hydrogen-bond acceptors (Lipinski definition) is 5. The van der Waals surface area contributed by atoms with Crippen molar-refractivity contribution in [1.29, 1.82) is 5.26 Å². The lowest BCUT2D eigenvalue weighted by Crippen LogP contribution is -2.40. The fraction of sp³-hybridized carbons (Fsp3) is 0.222. The van der Waals surface area contributed by atoms with Crippen molar-refractivity contribution in [3.8, 4) is 6.07 Å². The van der Waals surface area contributed by atoms with E-state index in [0.29, 0.717) is 5.69 Å². The van der Waals surface area contributed by atoms with Gasteiger partial charge in [-0.3, -0.25) is 4.79 Å². The van der Waals surface area contributed by atoms with Gasteiger partial charge in [0.15, 0.2) is 0 Å². The molecule has 3 rings (SSSR count). The molecule has 0 unspecified atom stereocenters. The van der Waals surface area contributed by atoms with Gasteiger partial charge in [-0.05, 0) is 30.3 Å². The molecule has 7 nitrogen and oxygen atoms in total. The second-order valence-corrected chi connectivity index (χ2v) is 9.17. The van der Waals surface area contributed by atoms with Crippen LogP contribution in [0.5, 0.6) is 0 Å². The van der Waals surface area contributed by atoms with Crippen LogP contribution in [-0.4, -0.2) is 44.9 Å². The lowest BCUT2D eigenvalue weighted by molar-refractivity contribution is 0.0730. The Kier molecular flexibility index (Phi) is 6.69. The SMILES string of the molecule is N#Cc1ccc(NC(=O)c2cc(S(=O)(=O)N3CCOCC3)c(Cl)cc2Cl)cc1Cl. The van der Waals surface area contributed by atoms with E-state index in [1.165, 1.54) is 28.6 Å². The average molecular weight is 475 g/mol. The summed E-state index contributed by atoms with van der Waals surface area (Å²) >= 11 is 18.2. The first-order chi connectivity index (χ1) is 13.7. The molecule has 1 aliphatic rings. The van der Waals surface area contributed by atoms with Crippen molar-refractivity contribution in [2.75, 3.05) is 31.6 Å². The zero-order valence-corrected chi connectivity index (χ0v) is 17.9. The quantitative estimate of drug-likeness (QED) is 0.727. The molecule has 0 saturated carbocycles. The average Bonchev–Trinajstić information content (AvgIpc) is 2.68. The summed E-state index contributed by atoms with van der Waals surface area (Å²) in [5.74, 6) is -0.647. The van der Waals surface area contributed by atoms with Gasteiger partial charge >= 0.3 is 0 Å². The number of benzene rings is 2. The topological polar surface area (TPSA) is 99.5 Å². The molecule has 0 aliphatic carbocycles. The fourth-order valence-electron chi connectivity index (χ4n) is 2.71. The molecule has 0 atom stereocenters. The minimum absolute atomic E-state index is 0.00632. The molecule has 0 aromatic heterocycles. The minimum atomic E-state index is -3.93. The number of hydrogen-bond donors (Lipinski definition) is 1. The Balaban J connectivity index is 1.93. The normalized spacial score (nSPS) is 15.0. The summed E-state index contributed by atoms with van der Waals surface area (Å²) in [7, 11) is -3.93. The highest BCUT2D eigenvalue weighted by atomic mass is 35.5.